The van der Waals surface area contributed by atoms with Gasteiger partial charge in [0.25, 0.3) is 0 Å². The number of carbonyl (C=O) groups excluding carboxylic acids is 1. The van der Waals surface area contributed by atoms with Gasteiger partial charge in [-0.15, -0.1) is 4.68 Å². The number of hydrazone groups is 1. The molecular weight excluding hydrogens is 348 g/mol. The van der Waals surface area contributed by atoms with Crippen LogP contribution in [0, 0.1) is 0 Å². The molecule has 2 aliphatic heterocycles. The van der Waals surface area contributed by atoms with Gasteiger partial charge in [0.05, 0.1) is 24.1 Å². The van der Waals surface area contributed by atoms with Crippen molar-refractivity contribution in [3.05, 3.63) is 18.2 Å². The third-order valence-corrected chi connectivity index (χ3v) is 4.47. The summed E-state index contributed by atoms with van der Waals surface area (Å²) < 4.78 is 1.47. The monoisotopic (exact) mass is 373 g/mol. The highest BCUT2D eigenvalue weighted by Crippen LogP contribution is 2.31. The van der Waals surface area contributed by atoms with Gasteiger partial charge in [-0.25, -0.2) is 4.99 Å². The molecular formula is C18H25N6O3+. The van der Waals surface area contributed by atoms with E-state index in [9.17, 15) is 9.90 Å². The highest BCUT2D eigenvalue weighted by molar-refractivity contribution is 6.62. The normalized spacial score (nSPS) is 21.2. The summed E-state index contributed by atoms with van der Waals surface area (Å²) in [6.45, 7) is 3.08. The van der Waals surface area contributed by atoms with Gasteiger partial charge in [-0.1, -0.05) is 5.10 Å². The maximum absolute atomic E-state index is 11.6. The number of amidine groups is 1. The Hall–Kier alpha value is -2.78. The van der Waals surface area contributed by atoms with Crippen LogP contribution in [-0.2, 0) is 4.79 Å². The summed E-state index contributed by atoms with van der Waals surface area (Å²) in [6, 6.07) is 5.58. The predicted octanol–water partition coefficient (Wildman–Crippen LogP) is 0.0400. The van der Waals surface area contributed by atoms with Crippen molar-refractivity contribution in [1.82, 2.24) is 0 Å². The number of benzene rings is 1. The van der Waals surface area contributed by atoms with Crippen molar-refractivity contribution in [2.45, 2.75) is 25.9 Å². The summed E-state index contributed by atoms with van der Waals surface area (Å²) in [5.74, 6) is 0.146. The van der Waals surface area contributed by atoms with Gasteiger partial charge in [0.2, 0.25) is 5.91 Å². The van der Waals surface area contributed by atoms with Crippen LogP contribution in [0.1, 0.15) is 19.8 Å². The molecule has 0 saturated carbocycles. The van der Waals surface area contributed by atoms with Crippen LogP contribution in [0.15, 0.2) is 28.3 Å². The summed E-state index contributed by atoms with van der Waals surface area (Å²) in [6.07, 6.45) is 2.91. The van der Waals surface area contributed by atoms with Gasteiger partial charge in [0, 0.05) is 25.7 Å². The van der Waals surface area contributed by atoms with Crippen LogP contribution < -0.4 is 16.0 Å². The van der Waals surface area contributed by atoms with Gasteiger partial charge in [0.1, 0.15) is 12.8 Å². The SMILES string of the molecule is CC(=O)Nc1cc(N2CCCC(O)C2)ccc1N=C1C=N[N+](CCO)=C1N. The molecule has 0 aromatic heterocycles. The highest BCUT2D eigenvalue weighted by Gasteiger charge is 2.22. The molecule has 1 saturated heterocycles. The van der Waals surface area contributed by atoms with Gasteiger partial charge in [-0.2, -0.15) is 0 Å². The molecule has 0 bridgehead atoms. The summed E-state index contributed by atoms with van der Waals surface area (Å²) >= 11 is 0. The third kappa shape index (κ3) is 4.50. The van der Waals surface area contributed by atoms with Crippen molar-refractivity contribution in [1.29, 1.82) is 0 Å². The Bertz CT molecular complexity index is 817. The second-order valence-electron chi connectivity index (χ2n) is 6.60. The van der Waals surface area contributed by atoms with E-state index in [1.807, 2.05) is 18.2 Å². The van der Waals surface area contributed by atoms with E-state index in [2.05, 4.69) is 20.3 Å². The number of hydrogen-bond acceptors (Lipinski definition) is 7. The molecule has 2 aliphatic rings. The zero-order valence-electron chi connectivity index (χ0n) is 15.3. The van der Waals surface area contributed by atoms with Crippen LogP contribution in [0.25, 0.3) is 0 Å². The van der Waals surface area contributed by atoms with E-state index in [-0.39, 0.29) is 25.2 Å². The van der Waals surface area contributed by atoms with Crippen LogP contribution in [-0.4, -0.2) is 70.9 Å². The van der Waals surface area contributed by atoms with E-state index in [0.29, 0.717) is 29.5 Å². The van der Waals surface area contributed by atoms with Crippen molar-refractivity contribution in [3.8, 4) is 0 Å². The molecule has 1 amide bonds. The summed E-state index contributed by atoms with van der Waals surface area (Å²) in [4.78, 5) is 18.3. The van der Waals surface area contributed by atoms with Crippen LogP contribution in [0.2, 0.25) is 0 Å². The molecule has 2 heterocycles. The molecule has 3 rings (SSSR count). The lowest BCUT2D eigenvalue weighted by molar-refractivity contribution is -0.532. The smallest absolute Gasteiger partial charge is 0.321 e. The number of piperidine rings is 1. The van der Waals surface area contributed by atoms with Gasteiger partial charge in [-0.05, 0) is 31.0 Å². The van der Waals surface area contributed by atoms with E-state index >= 15 is 0 Å². The summed E-state index contributed by atoms with van der Waals surface area (Å²) in [7, 11) is 0. The number of nitrogens with two attached hydrogens (primary N) is 1. The Morgan fingerprint density at radius 2 is 2.33 bits per heavy atom. The van der Waals surface area contributed by atoms with E-state index in [1.54, 1.807) is 0 Å². The standard InChI is InChI=1S/C18H24N6O3/c1-12(26)21-16-9-13(23-6-2-3-14(27)11-23)4-5-15(16)22-17-10-20-24(7-8-25)18(17)19/h4-5,9-10,14,25,27H,2-3,6-8,11H2,1H3,(H2,19,20,21,26)/p+1. The average Bonchev–Trinajstić information content (AvgIpc) is 2.96. The number of aliphatic hydroxyl groups excluding tert-OH is 2. The lowest BCUT2D eigenvalue weighted by Crippen LogP contribution is -2.38. The minimum Gasteiger partial charge on any atom is -0.392 e. The second-order valence-corrected chi connectivity index (χ2v) is 6.60. The number of aliphatic imine (C=N–C) groups is 1. The first-order chi connectivity index (χ1) is 13.0. The van der Waals surface area contributed by atoms with Crippen molar-refractivity contribution in [2.24, 2.45) is 15.8 Å². The molecule has 1 fully saturated rings. The van der Waals surface area contributed by atoms with Crippen LogP contribution in [0.5, 0.6) is 0 Å². The number of amides is 1. The van der Waals surface area contributed by atoms with Crippen LogP contribution >= 0.6 is 0 Å². The molecule has 1 aromatic carbocycles. The molecule has 1 aromatic rings. The fourth-order valence-electron chi connectivity index (χ4n) is 3.17. The highest BCUT2D eigenvalue weighted by atomic mass is 16.3. The van der Waals surface area contributed by atoms with Gasteiger partial charge in [0.15, 0.2) is 5.71 Å². The Balaban J connectivity index is 1.92. The molecule has 0 radical (unpaired) electrons. The van der Waals surface area contributed by atoms with Crippen LogP contribution in [0.3, 0.4) is 0 Å². The van der Waals surface area contributed by atoms with E-state index < -0.39 is 0 Å². The molecule has 5 N–H and O–H groups in total. The number of carbonyl (C=O) groups is 1. The predicted molar refractivity (Wildman–Crippen MR) is 105 cm³/mol. The maximum Gasteiger partial charge on any atom is 0.321 e. The Labute approximate surface area is 157 Å². The Morgan fingerprint density at radius 1 is 1.52 bits per heavy atom. The first-order valence-corrected chi connectivity index (χ1v) is 8.96. The first kappa shape index (κ1) is 19.0. The molecule has 1 unspecified atom stereocenters. The quantitative estimate of drug-likeness (QED) is 0.542. The second kappa shape index (κ2) is 8.28. The molecule has 144 valence electrons. The van der Waals surface area contributed by atoms with Crippen molar-refractivity contribution in [3.63, 3.8) is 0 Å². The molecule has 0 spiro atoms. The summed E-state index contributed by atoms with van der Waals surface area (Å²) in [5, 5.41) is 25.9. The molecule has 27 heavy (non-hydrogen) atoms. The molecule has 9 heteroatoms. The number of aliphatic hydroxyl groups is 2. The fourth-order valence-corrected chi connectivity index (χ4v) is 3.17. The van der Waals surface area contributed by atoms with Crippen LogP contribution in [0.4, 0.5) is 17.1 Å². The average molecular weight is 373 g/mol. The zero-order valence-corrected chi connectivity index (χ0v) is 15.3. The Kier molecular flexibility index (Phi) is 5.82. The maximum atomic E-state index is 11.6. The molecule has 9 nitrogen and oxygen atoms in total. The lowest BCUT2D eigenvalue weighted by Gasteiger charge is -2.32. The van der Waals surface area contributed by atoms with E-state index in [0.717, 1.165) is 25.1 Å². The van der Waals surface area contributed by atoms with Crippen molar-refractivity contribution < 1.29 is 19.7 Å². The zero-order chi connectivity index (χ0) is 19.4. The van der Waals surface area contributed by atoms with Crippen molar-refractivity contribution in [2.75, 3.05) is 36.5 Å². The number of β-amino-alcohol motifs (C(OH)–C–C–N with tert-alkyl or cyclic N) is 2. The molecule has 0 aliphatic carbocycles. The van der Waals surface area contributed by atoms with Gasteiger partial charge >= 0.3 is 5.84 Å². The lowest BCUT2D eigenvalue weighted by atomic mass is 10.1. The summed E-state index contributed by atoms with van der Waals surface area (Å²) in [5.41, 5.74) is 8.53. The van der Waals surface area contributed by atoms with Gasteiger partial charge < -0.3 is 20.4 Å². The minimum atomic E-state index is -0.343. The van der Waals surface area contributed by atoms with E-state index in [1.165, 1.54) is 17.8 Å². The fraction of sp³-hybridized carbons (Fsp3) is 0.444. The number of hydrogen-bond donors (Lipinski definition) is 4. The van der Waals surface area contributed by atoms with Crippen molar-refractivity contribution >= 4 is 40.7 Å². The van der Waals surface area contributed by atoms with E-state index in [4.69, 9.17) is 10.8 Å². The number of anilines is 2. The topological polar surface area (TPSA) is 127 Å². The first-order valence-electron chi connectivity index (χ1n) is 8.96. The number of nitrogens with one attached hydrogen (secondary N) is 1. The molecule has 1 atom stereocenters. The minimum absolute atomic E-state index is 0.0706. The number of nitrogens with zero attached hydrogens (tertiary/aromatic N) is 4. The number of rotatable bonds is 5. The van der Waals surface area contributed by atoms with Gasteiger partial charge in [-0.3, -0.25) is 10.5 Å². The third-order valence-electron chi connectivity index (χ3n) is 4.47. The Morgan fingerprint density at radius 3 is 3.04 bits per heavy atom. The largest absolute Gasteiger partial charge is 0.392 e.